The summed E-state index contributed by atoms with van der Waals surface area (Å²) >= 11 is 0. The number of esters is 1. The molecule has 0 unspecified atom stereocenters. The SMILES string of the molecule is CCOC(=O)C1CCN(C(=O)[C@@H](CC)Oc2cccc(C)c2C)CC1. The third-order valence-electron chi connectivity index (χ3n) is 4.90. The van der Waals surface area contributed by atoms with E-state index in [9.17, 15) is 9.59 Å². The largest absolute Gasteiger partial charge is 0.480 e. The molecule has 5 heteroatoms. The molecule has 138 valence electrons. The van der Waals surface area contributed by atoms with Crippen LogP contribution in [0.15, 0.2) is 18.2 Å². The maximum atomic E-state index is 12.8. The molecule has 0 bridgehead atoms. The van der Waals surface area contributed by atoms with Crippen molar-refractivity contribution >= 4 is 11.9 Å². The minimum Gasteiger partial charge on any atom is -0.480 e. The summed E-state index contributed by atoms with van der Waals surface area (Å²) in [5, 5.41) is 0. The molecule has 0 aromatic heterocycles. The Labute approximate surface area is 150 Å². The second-order valence-electron chi connectivity index (χ2n) is 6.56. The summed E-state index contributed by atoms with van der Waals surface area (Å²) in [5.74, 6) is 0.532. The zero-order chi connectivity index (χ0) is 18.4. The van der Waals surface area contributed by atoms with Gasteiger partial charge in [0.25, 0.3) is 5.91 Å². The van der Waals surface area contributed by atoms with Crippen LogP contribution in [0.1, 0.15) is 44.2 Å². The second kappa shape index (κ2) is 8.88. The predicted octanol–water partition coefficient (Wildman–Crippen LogP) is 3.26. The molecule has 1 saturated heterocycles. The Kier molecular flexibility index (Phi) is 6.85. The molecule has 0 saturated carbocycles. The first-order chi connectivity index (χ1) is 12.0. The molecular formula is C20H29NO4. The van der Waals surface area contributed by atoms with Gasteiger partial charge in [-0.15, -0.1) is 0 Å². The summed E-state index contributed by atoms with van der Waals surface area (Å²) in [5.41, 5.74) is 2.21. The first-order valence-electron chi connectivity index (χ1n) is 9.16. The van der Waals surface area contributed by atoms with Gasteiger partial charge in [-0.05, 0) is 57.2 Å². The Hall–Kier alpha value is -2.04. The van der Waals surface area contributed by atoms with Gasteiger partial charge in [-0.2, -0.15) is 0 Å². The van der Waals surface area contributed by atoms with Gasteiger partial charge in [0.15, 0.2) is 6.10 Å². The molecule has 1 aliphatic rings. The van der Waals surface area contributed by atoms with E-state index in [2.05, 4.69) is 0 Å². The Morgan fingerprint density at radius 2 is 1.88 bits per heavy atom. The normalized spacial score (nSPS) is 16.4. The number of ether oxygens (including phenoxy) is 2. The third kappa shape index (κ3) is 4.74. The number of nitrogens with zero attached hydrogens (tertiary/aromatic N) is 1. The van der Waals surface area contributed by atoms with Crippen molar-refractivity contribution in [2.24, 2.45) is 5.92 Å². The monoisotopic (exact) mass is 347 g/mol. The van der Waals surface area contributed by atoms with Crippen molar-refractivity contribution in [1.29, 1.82) is 0 Å². The third-order valence-corrected chi connectivity index (χ3v) is 4.90. The summed E-state index contributed by atoms with van der Waals surface area (Å²) in [6, 6.07) is 5.89. The molecule has 1 fully saturated rings. The van der Waals surface area contributed by atoms with E-state index in [1.54, 1.807) is 0 Å². The lowest BCUT2D eigenvalue weighted by molar-refractivity contribution is -0.152. The average molecular weight is 347 g/mol. The van der Waals surface area contributed by atoms with Crippen LogP contribution >= 0.6 is 0 Å². The lowest BCUT2D eigenvalue weighted by Gasteiger charge is -2.33. The van der Waals surface area contributed by atoms with Crippen molar-refractivity contribution in [3.05, 3.63) is 29.3 Å². The van der Waals surface area contributed by atoms with Crippen molar-refractivity contribution < 1.29 is 19.1 Å². The van der Waals surface area contributed by atoms with Crippen LogP contribution in [0.2, 0.25) is 0 Å². The van der Waals surface area contributed by atoms with Crippen LogP contribution in [0.5, 0.6) is 5.75 Å². The van der Waals surface area contributed by atoms with Crippen molar-refractivity contribution in [3.8, 4) is 5.75 Å². The minimum absolute atomic E-state index is 0.00529. The lowest BCUT2D eigenvalue weighted by atomic mass is 9.96. The van der Waals surface area contributed by atoms with E-state index < -0.39 is 6.10 Å². The van der Waals surface area contributed by atoms with E-state index in [0.717, 1.165) is 16.9 Å². The number of benzene rings is 1. The van der Waals surface area contributed by atoms with Crippen LogP contribution in [-0.2, 0) is 14.3 Å². The van der Waals surface area contributed by atoms with Gasteiger partial charge in [-0.25, -0.2) is 0 Å². The number of carbonyl (C=O) groups is 2. The number of hydrogen-bond donors (Lipinski definition) is 0. The number of piperidine rings is 1. The van der Waals surface area contributed by atoms with Crippen LogP contribution in [0.3, 0.4) is 0 Å². The smallest absolute Gasteiger partial charge is 0.309 e. The van der Waals surface area contributed by atoms with Gasteiger partial charge < -0.3 is 14.4 Å². The van der Waals surface area contributed by atoms with Crippen molar-refractivity contribution in [3.63, 3.8) is 0 Å². The molecule has 1 atom stereocenters. The van der Waals surface area contributed by atoms with Crippen LogP contribution in [0.25, 0.3) is 0 Å². The van der Waals surface area contributed by atoms with Gasteiger partial charge in [0, 0.05) is 13.1 Å². The van der Waals surface area contributed by atoms with E-state index in [4.69, 9.17) is 9.47 Å². The van der Waals surface area contributed by atoms with Crippen molar-refractivity contribution in [2.75, 3.05) is 19.7 Å². The van der Waals surface area contributed by atoms with Gasteiger partial charge in [0.2, 0.25) is 0 Å². The summed E-state index contributed by atoms with van der Waals surface area (Å²) < 4.78 is 11.1. The highest BCUT2D eigenvalue weighted by atomic mass is 16.5. The van der Waals surface area contributed by atoms with Crippen LogP contribution in [0.4, 0.5) is 0 Å². The molecular weight excluding hydrogens is 318 g/mol. The van der Waals surface area contributed by atoms with Gasteiger partial charge in [0.05, 0.1) is 12.5 Å². The molecule has 1 amide bonds. The molecule has 5 nitrogen and oxygen atoms in total. The van der Waals surface area contributed by atoms with Gasteiger partial charge >= 0.3 is 5.97 Å². The zero-order valence-electron chi connectivity index (χ0n) is 15.7. The molecule has 1 heterocycles. The highest BCUT2D eigenvalue weighted by molar-refractivity contribution is 5.82. The van der Waals surface area contributed by atoms with E-state index in [0.29, 0.717) is 39.0 Å². The fourth-order valence-electron chi connectivity index (χ4n) is 3.11. The molecule has 0 N–H and O–H groups in total. The molecule has 2 rings (SSSR count). The number of hydrogen-bond acceptors (Lipinski definition) is 4. The van der Waals surface area contributed by atoms with E-state index in [1.165, 1.54) is 0 Å². The van der Waals surface area contributed by atoms with Crippen molar-refractivity contribution in [2.45, 2.75) is 53.1 Å². The van der Waals surface area contributed by atoms with E-state index in [-0.39, 0.29) is 17.8 Å². The van der Waals surface area contributed by atoms with E-state index >= 15 is 0 Å². The Bertz CT molecular complexity index is 606. The topological polar surface area (TPSA) is 55.8 Å². The number of likely N-dealkylation sites (tertiary alicyclic amines) is 1. The fraction of sp³-hybridized carbons (Fsp3) is 0.600. The molecule has 0 spiro atoms. The standard InChI is InChI=1S/C20H29NO4/c1-5-17(25-18-9-7-8-14(3)15(18)4)19(22)21-12-10-16(11-13-21)20(23)24-6-2/h7-9,16-17H,5-6,10-13H2,1-4H3/t17-/m1/s1. The van der Waals surface area contributed by atoms with Gasteiger partial charge in [-0.1, -0.05) is 19.1 Å². The molecule has 1 aromatic carbocycles. The maximum Gasteiger partial charge on any atom is 0.309 e. The molecule has 1 aliphatic heterocycles. The Balaban J connectivity index is 1.96. The summed E-state index contributed by atoms with van der Waals surface area (Å²) in [4.78, 5) is 26.5. The summed E-state index contributed by atoms with van der Waals surface area (Å²) in [6.45, 7) is 9.37. The first-order valence-corrected chi connectivity index (χ1v) is 9.16. The van der Waals surface area contributed by atoms with Gasteiger partial charge in [0.1, 0.15) is 5.75 Å². The predicted molar refractivity (Wildman–Crippen MR) is 96.6 cm³/mol. The van der Waals surface area contributed by atoms with Crippen molar-refractivity contribution in [1.82, 2.24) is 4.90 Å². The number of amides is 1. The minimum atomic E-state index is -0.486. The maximum absolute atomic E-state index is 12.8. The number of rotatable bonds is 6. The quantitative estimate of drug-likeness (QED) is 0.741. The van der Waals surface area contributed by atoms with Crippen LogP contribution < -0.4 is 4.74 Å². The lowest BCUT2D eigenvalue weighted by Crippen LogP contribution is -2.46. The highest BCUT2D eigenvalue weighted by Crippen LogP contribution is 2.24. The fourth-order valence-corrected chi connectivity index (χ4v) is 3.11. The Morgan fingerprint density at radius 1 is 1.20 bits per heavy atom. The number of aryl methyl sites for hydroxylation is 1. The molecule has 0 aliphatic carbocycles. The number of carbonyl (C=O) groups excluding carboxylic acids is 2. The second-order valence-corrected chi connectivity index (χ2v) is 6.56. The first kappa shape index (κ1) is 19.3. The molecule has 25 heavy (non-hydrogen) atoms. The summed E-state index contributed by atoms with van der Waals surface area (Å²) in [6.07, 6.45) is 1.44. The molecule has 1 aromatic rings. The summed E-state index contributed by atoms with van der Waals surface area (Å²) in [7, 11) is 0. The van der Waals surface area contributed by atoms with Crippen LogP contribution in [0, 0.1) is 19.8 Å². The van der Waals surface area contributed by atoms with Gasteiger partial charge in [-0.3, -0.25) is 9.59 Å². The Morgan fingerprint density at radius 3 is 2.48 bits per heavy atom. The highest BCUT2D eigenvalue weighted by Gasteiger charge is 2.31. The zero-order valence-corrected chi connectivity index (χ0v) is 15.7. The van der Waals surface area contributed by atoms with Crippen LogP contribution in [-0.4, -0.2) is 42.6 Å². The average Bonchev–Trinajstić information content (AvgIpc) is 2.63. The van der Waals surface area contributed by atoms with E-state index in [1.807, 2.05) is 50.8 Å². The molecule has 0 radical (unpaired) electrons.